The van der Waals surface area contributed by atoms with Crippen molar-refractivity contribution in [3.8, 4) is 5.75 Å². The van der Waals surface area contributed by atoms with Crippen molar-refractivity contribution in [3.05, 3.63) is 28.2 Å². The van der Waals surface area contributed by atoms with E-state index < -0.39 is 0 Å². The molecule has 4 heteroatoms. The van der Waals surface area contributed by atoms with Gasteiger partial charge in [0.25, 0.3) is 0 Å². The number of benzene rings is 1. The van der Waals surface area contributed by atoms with Crippen molar-refractivity contribution in [1.29, 1.82) is 0 Å². The van der Waals surface area contributed by atoms with Crippen molar-refractivity contribution in [2.75, 3.05) is 27.2 Å². The smallest absolute Gasteiger partial charge is 0.129 e. The number of phenolic OH excluding ortho intramolecular Hbond substituents is 1. The third-order valence-corrected chi connectivity index (χ3v) is 3.69. The van der Waals surface area contributed by atoms with Crippen LogP contribution in [0.5, 0.6) is 5.75 Å². The molecule has 0 heterocycles. The standard InChI is InChI=1S/C14H23BrN2O/c1-5-17(11(2)9-16(3)4)10-12-6-7-14(18)13(15)8-12/h6-8,11,18H,5,9-10H2,1-4H3. The van der Waals surface area contributed by atoms with Gasteiger partial charge in [-0.1, -0.05) is 13.0 Å². The number of hydrogen-bond donors (Lipinski definition) is 1. The van der Waals surface area contributed by atoms with Gasteiger partial charge in [-0.3, -0.25) is 4.90 Å². The lowest BCUT2D eigenvalue weighted by molar-refractivity contribution is 0.174. The van der Waals surface area contributed by atoms with Crippen LogP contribution in [0.15, 0.2) is 22.7 Å². The number of likely N-dealkylation sites (N-methyl/N-ethyl adjacent to an activating group) is 2. The van der Waals surface area contributed by atoms with Crippen LogP contribution in [0.25, 0.3) is 0 Å². The zero-order valence-electron chi connectivity index (χ0n) is 11.7. The highest BCUT2D eigenvalue weighted by molar-refractivity contribution is 9.10. The maximum Gasteiger partial charge on any atom is 0.129 e. The lowest BCUT2D eigenvalue weighted by Gasteiger charge is -2.30. The Bertz CT molecular complexity index is 382. The van der Waals surface area contributed by atoms with Gasteiger partial charge in [-0.25, -0.2) is 0 Å². The summed E-state index contributed by atoms with van der Waals surface area (Å²) in [6.07, 6.45) is 0. The minimum absolute atomic E-state index is 0.295. The van der Waals surface area contributed by atoms with Gasteiger partial charge >= 0.3 is 0 Å². The molecule has 1 aromatic rings. The second-order valence-corrected chi connectivity index (χ2v) is 5.81. The van der Waals surface area contributed by atoms with E-state index in [1.165, 1.54) is 5.56 Å². The third-order valence-electron chi connectivity index (χ3n) is 3.06. The summed E-state index contributed by atoms with van der Waals surface area (Å²) < 4.78 is 0.760. The minimum Gasteiger partial charge on any atom is -0.507 e. The molecule has 0 radical (unpaired) electrons. The fraction of sp³-hybridized carbons (Fsp3) is 0.571. The summed E-state index contributed by atoms with van der Waals surface area (Å²) in [6, 6.07) is 6.22. The normalized spacial score (nSPS) is 13.3. The highest BCUT2D eigenvalue weighted by Crippen LogP contribution is 2.25. The molecule has 0 aliphatic heterocycles. The summed E-state index contributed by atoms with van der Waals surface area (Å²) in [4.78, 5) is 4.64. The quantitative estimate of drug-likeness (QED) is 0.874. The van der Waals surface area contributed by atoms with Crippen molar-refractivity contribution in [2.24, 2.45) is 0 Å². The minimum atomic E-state index is 0.295. The lowest BCUT2D eigenvalue weighted by atomic mass is 10.1. The molecule has 0 aliphatic rings. The van der Waals surface area contributed by atoms with Crippen LogP contribution >= 0.6 is 15.9 Å². The van der Waals surface area contributed by atoms with Gasteiger partial charge in [0.15, 0.2) is 0 Å². The van der Waals surface area contributed by atoms with Crippen LogP contribution in [-0.4, -0.2) is 48.1 Å². The zero-order chi connectivity index (χ0) is 13.7. The Kier molecular flexibility index (Phi) is 6.12. The van der Waals surface area contributed by atoms with E-state index in [2.05, 4.69) is 53.7 Å². The Morgan fingerprint density at radius 2 is 2.00 bits per heavy atom. The summed E-state index contributed by atoms with van der Waals surface area (Å²) in [7, 11) is 4.20. The van der Waals surface area contributed by atoms with Crippen LogP contribution in [0.1, 0.15) is 19.4 Å². The first-order valence-corrected chi connectivity index (χ1v) is 7.09. The van der Waals surface area contributed by atoms with Gasteiger partial charge in [-0.05, 0) is 61.2 Å². The highest BCUT2D eigenvalue weighted by atomic mass is 79.9. The van der Waals surface area contributed by atoms with E-state index in [0.717, 1.165) is 24.1 Å². The van der Waals surface area contributed by atoms with Crippen LogP contribution in [0, 0.1) is 0 Å². The topological polar surface area (TPSA) is 26.7 Å². The van der Waals surface area contributed by atoms with Crippen molar-refractivity contribution < 1.29 is 5.11 Å². The fourth-order valence-electron chi connectivity index (χ4n) is 2.11. The third kappa shape index (κ3) is 4.59. The van der Waals surface area contributed by atoms with Crippen LogP contribution in [0.3, 0.4) is 0 Å². The van der Waals surface area contributed by atoms with E-state index in [0.29, 0.717) is 11.8 Å². The molecular formula is C14H23BrN2O. The maximum atomic E-state index is 9.50. The molecule has 0 saturated heterocycles. The molecule has 0 saturated carbocycles. The number of aromatic hydroxyl groups is 1. The molecule has 1 rings (SSSR count). The average Bonchev–Trinajstić information content (AvgIpc) is 2.29. The van der Waals surface area contributed by atoms with Crippen LogP contribution < -0.4 is 0 Å². The molecule has 0 bridgehead atoms. The number of rotatable bonds is 6. The number of hydrogen-bond acceptors (Lipinski definition) is 3. The lowest BCUT2D eigenvalue weighted by Crippen LogP contribution is -2.39. The zero-order valence-corrected chi connectivity index (χ0v) is 13.2. The Balaban J connectivity index is 2.70. The maximum absolute atomic E-state index is 9.50. The molecule has 0 aliphatic carbocycles. The summed E-state index contributed by atoms with van der Waals surface area (Å²) in [5, 5.41) is 9.50. The molecule has 18 heavy (non-hydrogen) atoms. The van der Waals surface area contributed by atoms with E-state index >= 15 is 0 Å². The summed E-state index contributed by atoms with van der Waals surface area (Å²) in [6.45, 7) is 7.41. The molecule has 1 aromatic carbocycles. The molecule has 0 fully saturated rings. The first kappa shape index (κ1) is 15.5. The first-order chi connectivity index (χ1) is 8.43. The molecule has 1 atom stereocenters. The van der Waals surface area contributed by atoms with Gasteiger partial charge in [-0.2, -0.15) is 0 Å². The van der Waals surface area contributed by atoms with E-state index in [-0.39, 0.29) is 0 Å². The molecular weight excluding hydrogens is 292 g/mol. The summed E-state index contributed by atoms with van der Waals surface area (Å²) >= 11 is 3.36. The van der Waals surface area contributed by atoms with Gasteiger partial charge in [-0.15, -0.1) is 0 Å². The predicted octanol–water partition coefficient (Wildman–Crippen LogP) is 2.93. The number of phenols is 1. The van der Waals surface area contributed by atoms with Crippen molar-refractivity contribution in [2.45, 2.75) is 26.4 Å². The van der Waals surface area contributed by atoms with Crippen LogP contribution in [-0.2, 0) is 6.54 Å². The molecule has 0 spiro atoms. The Hall–Kier alpha value is -0.580. The van der Waals surface area contributed by atoms with Gasteiger partial charge in [0.1, 0.15) is 5.75 Å². The second kappa shape index (κ2) is 7.12. The number of halogens is 1. The highest BCUT2D eigenvalue weighted by Gasteiger charge is 2.13. The molecule has 0 aromatic heterocycles. The summed E-state index contributed by atoms with van der Waals surface area (Å²) in [5.74, 6) is 0.295. The van der Waals surface area contributed by atoms with Crippen LogP contribution in [0.4, 0.5) is 0 Å². The Morgan fingerprint density at radius 3 is 2.50 bits per heavy atom. The summed E-state index contributed by atoms with van der Waals surface area (Å²) in [5.41, 5.74) is 1.21. The van der Waals surface area contributed by atoms with Gasteiger partial charge in [0, 0.05) is 19.1 Å². The van der Waals surface area contributed by atoms with Gasteiger partial charge < -0.3 is 10.0 Å². The molecule has 1 unspecified atom stereocenters. The molecule has 1 N–H and O–H groups in total. The van der Waals surface area contributed by atoms with E-state index in [1.807, 2.05) is 12.1 Å². The molecule has 3 nitrogen and oxygen atoms in total. The van der Waals surface area contributed by atoms with E-state index in [1.54, 1.807) is 6.07 Å². The van der Waals surface area contributed by atoms with Gasteiger partial charge in [0.05, 0.1) is 4.47 Å². The number of nitrogens with zero attached hydrogens (tertiary/aromatic N) is 2. The Morgan fingerprint density at radius 1 is 1.33 bits per heavy atom. The SMILES string of the molecule is CCN(Cc1ccc(O)c(Br)c1)C(C)CN(C)C. The van der Waals surface area contributed by atoms with Crippen molar-refractivity contribution in [3.63, 3.8) is 0 Å². The van der Waals surface area contributed by atoms with Gasteiger partial charge in [0.2, 0.25) is 0 Å². The molecule has 0 amide bonds. The van der Waals surface area contributed by atoms with E-state index in [4.69, 9.17) is 0 Å². The van der Waals surface area contributed by atoms with Crippen molar-refractivity contribution in [1.82, 2.24) is 9.80 Å². The monoisotopic (exact) mass is 314 g/mol. The first-order valence-electron chi connectivity index (χ1n) is 6.30. The van der Waals surface area contributed by atoms with Crippen molar-refractivity contribution >= 4 is 15.9 Å². The Labute approximate surface area is 119 Å². The van der Waals surface area contributed by atoms with Crippen LogP contribution in [0.2, 0.25) is 0 Å². The molecule has 102 valence electrons. The second-order valence-electron chi connectivity index (χ2n) is 4.96. The average molecular weight is 315 g/mol. The van der Waals surface area contributed by atoms with E-state index in [9.17, 15) is 5.11 Å². The fourth-order valence-corrected chi connectivity index (χ4v) is 2.53. The largest absolute Gasteiger partial charge is 0.507 e. The predicted molar refractivity (Wildman–Crippen MR) is 79.9 cm³/mol.